The number of ketones is 1. The summed E-state index contributed by atoms with van der Waals surface area (Å²) < 4.78 is 0. The molecule has 0 unspecified atom stereocenters. The number of benzene rings is 1. The summed E-state index contributed by atoms with van der Waals surface area (Å²) in [5, 5.41) is 4.24. The summed E-state index contributed by atoms with van der Waals surface area (Å²) in [5.74, 6) is 0.00861. The molecule has 0 saturated heterocycles. The number of para-hydroxylation sites is 1. The maximum absolute atomic E-state index is 11.7. The summed E-state index contributed by atoms with van der Waals surface area (Å²) in [6.45, 7) is 0. The van der Waals surface area contributed by atoms with Gasteiger partial charge in [0.2, 0.25) is 0 Å². The van der Waals surface area contributed by atoms with E-state index in [9.17, 15) is 4.79 Å². The number of hydrogen-bond acceptors (Lipinski definition) is 2. The van der Waals surface area contributed by atoms with E-state index >= 15 is 0 Å². The second kappa shape index (κ2) is 5.14. The van der Waals surface area contributed by atoms with Crippen LogP contribution in [0.5, 0.6) is 0 Å². The van der Waals surface area contributed by atoms with Gasteiger partial charge in [-0.1, -0.05) is 30.0 Å². The molecular weight excluding hydrogens is 403 g/mol. The van der Waals surface area contributed by atoms with Gasteiger partial charge in [0.05, 0.1) is 0 Å². The first-order valence-corrected chi connectivity index (χ1v) is 4.42. The van der Waals surface area contributed by atoms with Crippen molar-refractivity contribution in [2.75, 3.05) is 14.1 Å². The van der Waals surface area contributed by atoms with Gasteiger partial charge in [0.25, 0.3) is 0 Å². The van der Waals surface area contributed by atoms with Crippen LogP contribution < -0.4 is 0 Å². The number of rotatable bonds is 1. The fraction of sp³-hybridized carbons (Fsp3) is 0.182. The Labute approximate surface area is 125 Å². The number of fused-ring (bicyclic) bond motifs is 1. The summed E-state index contributed by atoms with van der Waals surface area (Å²) in [7, 11) is 3.75. The van der Waals surface area contributed by atoms with Crippen LogP contribution in [0.3, 0.4) is 0 Å². The van der Waals surface area contributed by atoms with Crippen LogP contribution in [-0.4, -0.2) is 24.8 Å². The number of allylic oxidation sites excluding steroid dienone is 1. The van der Waals surface area contributed by atoms with Gasteiger partial charge in [0.1, 0.15) is 0 Å². The third-order valence-electron chi connectivity index (χ3n) is 2.00. The van der Waals surface area contributed by atoms with Crippen LogP contribution in [0.25, 0.3) is 5.32 Å². The molecule has 75 valence electrons. The molecule has 0 aromatic heterocycles. The van der Waals surface area contributed by atoms with Crippen molar-refractivity contribution in [2.24, 2.45) is 0 Å². The molecule has 0 fully saturated rings. The third-order valence-corrected chi connectivity index (χ3v) is 2.00. The van der Waals surface area contributed by atoms with E-state index in [-0.39, 0.29) is 49.8 Å². The first-order chi connectivity index (χ1) is 6.68. The number of carbonyl (C=O) groups is 1. The number of nitrogens with zero attached hydrogens (tertiary/aromatic N) is 2. The maximum atomic E-state index is 11.7. The van der Waals surface area contributed by atoms with Crippen molar-refractivity contribution in [3.05, 3.63) is 47.0 Å². The van der Waals surface area contributed by atoms with E-state index in [0.717, 1.165) is 5.69 Å². The average Bonchev–Trinajstić information content (AvgIpc) is 2.44. The quantitative estimate of drug-likeness (QED) is 0.662. The smallest absolute Gasteiger partial charge is 0.171 e. The van der Waals surface area contributed by atoms with Crippen molar-refractivity contribution in [3.63, 3.8) is 0 Å². The van der Waals surface area contributed by atoms with E-state index in [1.54, 1.807) is 12.3 Å². The van der Waals surface area contributed by atoms with Crippen LogP contribution in [0.1, 0.15) is 10.4 Å². The Kier molecular flexibility index (Phi) is 4.36. The van der Waals surface area contributed by atoms with Gasteiger partial charge >= 0.3 is 0 Å². The van der Waals surface area contributed by atoms with Gasteiger partial charge in [0, 0.05) is 63.7 Å². The number of hydrogen-bond donors (Lipinski definition) is 0. The predicted octanol–water partition coefficient (Wildman–Crippen LogP) is 2.29. The molecule has 0 saturated carbocycles. The van der Waals surface area contributed by atoms with Crippen molar-refractivity contribution >= 4 is 11.5 Å². The van der Waals surface area contributed by atoms with Crippen molar-refractivity contribution < 1.29 is 48.9 Å². The predicted molar refractivity (Wildman–Crippen MR) is 55.6 cm³/mol. The molecule has 0 bridgehead atoms. The minimum absolute atomic E-state index is 0. The number of Topliss-reactive ketones (excluding diaryl/α,β-unsaturated/α-hetero) is 1. The van der Waals surface area contributed by atoms with Crippen LogP contribution in [0.4, 0.5) is 5.69 Å². The van der Waals surface area contributed by atoms with E-state index in [2.05, 4.69) is 5.32 Å². The molecule has 1 aromatic carbocycles. The summed E-state index contributed by atoms with van der Waals surface area (Å²) in [4.78, 5) is 13.6. The van der Waals surface area contributed by atoms with Crippen LogP contribution in [-0.2, 0) is 0 Å². The van der Waals surface area contributed by atoms with Crippen molar-refractivity contribution in [1.29, 1.82) is 0 Å². The summed E-state index contributed by atoms with van der Waals surface area (Å²) in [5.41, 5.74) is 1.97. The van der Waals surface area contributed by atoms with Gasteiger partial charge in [-0.05, 0) is 6.20 Å². The molecule has 0 amide bonds. The second-order valence-corrected chi connectivity index (χ2v) is 3.44. The normalized spacial score (nSPS) is 15.6. The van der Waals surface area contributed by atoms with E-state index in [1.807, 2.05) is 37.2 Å². The molecule has 2 rings (SSSR count). The largest absolute Gasteiger partial charge is 0.653 e. The van der Waals surface area contributed by atoms with E-state index in [1.165, 1.54) is 0 Å². The molecule has 0 aliphatic carbocycles. The molecule has 1 aliphatic rings. The fourth-order valence-electron chi connectivity index (χ4n) is 1.41. The Bertz CT molecular complexity index is 413. The number of carbonyl (C=O) groups excluding carboxylic acids is 1. The van der Waals surface area contributed by atoms with Gasteiger partial charge in [-0.15, -0.1) is 5.69 Å². The molecule has 15 heavy (non-hydrogen) atoms. The molecule has 4 heteroatoms. The SMILES string of the molecule is CN(C)/C=C1/[N-]c2ccccc2C1=O.[Ac]. The van der Waals surface area contributed by atoms with Gasteiger partial charge < -0.3 is 10.2 Å². The van der Waals surface area contributed by atoms with E-state index < -0.39 is 0 Å². The molecule has 0 N–H and O–H groups in total. The minimum Gasteiger partial charge on any atom is -0.653 e. The zero-order chi connectivity index (χ0) is 10.1. The van der Waals surface area contributed by atoms with Crippen LogP contribution in [0.15, 0.2) is 36.2 Å². The Balaban J connectivity index is 0.00000112. The molecule has 1 aliphatic heterocycles. The average molecular weight is 414 g/mol. The third kappa shape index (κ3) is 2.62. The standard InChI is InChI=1S/C11H12N2O.Ac/c1-13(2)7-10-11(14)8-5-3-4-6-9(8)12-10;/h3-7H,1-2H3,(H,12,14);/p-1/b10-7+;. The first-order valence-electron chi connectivity index (χ1n) is 4.42. The Morgan fingerprint density at radius 2 is 1.93 bits per heavy atom. The Hall–Kier alpha value is -0.328. The molecule has 0 atom stereocenters. The van der Waals surface area contributed by atoms with Crippen LogP contribution >= 0.6 is 0 Å². The monoisotopic (exact) mass is 414 g/mol. The van der Waals surface area contributed by atoms with Crippen molar-refractivity contribution in [2.45, 2.75) is 0 Å². The zero-order valence-corrected chi connectivity index (χ0v) is 13.5. The topological polar surface area (TPSA) is 34.4 Å². The van der Waals surface area contributed by atoms with Crippen molar-refractivity contribution in [3.8, 4) is 0 Å². The first kappa shape index (κ1) is 12.7. The van der Waals surface area contributed by atoms with Gasteiger partial charge in [-0.25, -0.2) is 0 Å². The summed E-state index contributed by atoms with van der Waals surface area (Å²) in [6.07, 6.45) is 1.74. The van der Waals surface area contributed by atoms with Gasteiger partial charge in [-0.2, -0.15) is 0 Å². The van der Waals surface area contributed by atoms with Gasteiger partial charge in [0.15, 0.2) is 5.78 Å². The van der Waals surface area contributed by atoms with Crippen molar-refractivity contribution in [1.82, 2.24) is 4.90 Å². The van der Waals surface area contributed by atoms with Gasteiger partial charge in [-0.3, -0.25) is 4.79 Å². The zero-order valence-electron chi connectivity index (χ0n) is 8.77. The van der Waals surface area contributed by atoms with Crippen LogP contribution in [0.2, 0.25) is 0 Å². The molecule has 1 heterocycles. The van der Waals surface area contributed by atoms with Crippen LogP contribution in [0, 0.1) is 44.1 Å². The Morgan fingerprint density at radius 3 is 2.53 bits per heavy atom. The second-order valence-electron chi connectivity index (χ2n) is 3.44. The van der Waals surface area contributed by atoms with E-state index in [0.29, 0.717) is 11.3 Å². The molecule has 1 radical (unpaired) electrons. The molecule has 0 spiro atoms. The molecular formula is C11H11AcN2O-. The maximum Gasteiger partial charge on any atom is 0.171 e. The fourth-order valence-corrected chi connectivity index (χ4v) is 1.41. The minimum atomic E-state index is 0. The molecule has 3 nitrogen and oxygen atoms in total. The Morgan fingerprint density at radius 1 is 1.27 bits per heavy atom. The van der Waals surface area contributed by atoms with E-state index in [4.69, 9.17) is 0 Å². The summed E-state index contributed by atoms with van der Waals surface area (Å²) in [6, 6.07) is 7.39. The molecule has 1 aromatic rings. The summed E-state index contributed by atoms with van der Waals surface area (Å²) >= 11 is 0.